The maximum absolute atomic E-state index is 13.1. The Bertz CT molecular complexity index is 1240. The quantitative estimate of drug-likeness (QED) is 0.405. The summed E-state index contributed by atoms with van der Waals surface area (Å²) < 4.78 is 27.0. The summed E-state index contributed by atoms with van der Waals surface area (Å²) in [5.74, 6) is 0. The molecule has 0 fully saturated rings. The largest absolute Gasteiger partial charge is 0.267 e. The number of aromatic nitrogens is 1. The van der Waals surface area contributed by atoms with Crippen LogP contribution in [0.3, 0.4) is 0 Å². The second kappa shape index (κ2) is 7.13. The van der Waals surface area contributed by atoms with Crippen molar-refractivity contribution in [2.24, 2.45) is 0 Å². The zero-order valence-electron chi connectivity index (χ0n) is 15.3. The molecule has 6 heteroatoms. The number of fused-ring (bicyclic) bond motifs is 1. The lowest BCUT2D eigenvalue weighted by atomic mass is 10.1. The highest BCUT2D eigenvalue weighted by Crippen LogP contribution is 2.64. The fourth-order valence-electron chi connectivity index (χ4n) is 3.44. The van der Waals surface area contributed by atoms with Crippen LogP contribution in [0.5, 0.6) is 0 Å². The summed E-state index contributed by atoms with van der Waals surface area (Å²) in [7, 11) is -3.63. The standard InChI is InChI=1S/C23H17NO2S3/c25-29(26,20-11-5-2-6-12-20)24-16-15-19(17-24)23(18-9-3-1-4-10-18)27-21-13-7-8-14-22(21)28-23/h1-17H. The molecular weight excluding hydrogens is 418 g/mol. The molecule has 0 aliphatic carbocycles. The van der Waals surface area contributed by atoms with Gasteiger partial charge in [-0.15, -0.1) is 0 Å². The van der Waals surface area contributed by atoms with Crippen LogP contribution < -0.4 is 0 Å². The van der Waals surface area contributed by atoms with E-state index in [0.717, 1.165) is 11.1 Å². The summed E-state index contributed by atoms with van der Waals surface area (Å²) in [6.07, 6.45) is 3.40. The van der Waals surface area contributed by atoms with Crippen LogP contribution in [0.4, 0.5) is 0 Å². The first kappa shape index (κ1) is 18.6. The van der Waals surface area contributed by atoms with Gasteiger partial charge in [0.2, 0.25) is 0 Å². The Morgan fingerprint density at radius 3 is 1.83 bits per heavy atom. The third kappa shape index (κ3) is 3.12. The predicted molar refractivity (Wildman–Crippen MR) is 119 cm³/mol. The highest BCUT2D eigenvalue weighted by molar-refractivity contribution is 8.20. The average molecular weight is 436 g/mol. The van der Waals surface area contributed by atoms with Crippen LogP contribution in [0.1, 0.15) is 11.1 Å². The van der Waals surface area contributed by atoms with Crippen molar-refractivity contribution in [1.29, 1.82) is 0 Å². The lowest BCUT2D eigenvalue weighted by molar-refractivity contribution is 0.587. The SMILES string of the molecule is O=S(=O)(c1ccccc1)n1ccc(C2(c3ccccc3)Sc3ccccc3S2)c1. The lowest BCUT2D eigenvalue weighted by Crippen LogP contribution is -2.16. The summed E-state index contributed by atoms with van der Waals surface area (Å²) in [5, 5.41) is 0. The van der Waals surface area contributed by atoms with Crippen LogP contribution in [0.25, 0.3) is 0 Å². The van der Waals surface area contributed by atoms with E-state index >= 15 is 0 Å². The van der Waals surface area contributed by atoms with Crippen LogP contribution in [-0.4, -0.2) is 12.4 Å². The van der Waals surface area contributed by atoms with Crippen LogP contribution >= 0.6 is 23.5 Å². The van der Waals surface area contributed by atoms with Crippen LogP contribution in [0.2, 0.25) is 0 Å². The van der Waals surface area contributed by atoms with Gasteiger partial charge in [-0.3, -0.25) is 0 Å². The van der Waals surface area contributed by atoms with Crippen molar-refractivity contribution in [3.8, 4) is 0 Å². The first-order valence-corrected chi connectivity index (χ1v) is 12.2. The molecule has 2 heterocycles. The van der Waals surface area contributed by atoms with E-state index in [2.05, 4.69) is 24.3 Å². The number of nitrogens with zero attached hydrogens (tertiary/aromatic N) is 1. The van der Waals surface area contributed by atoms with E-state index in [9.17, 15) is 8.42 Å². The van der Waals surface area contributed by atoms with E-state index in [1.165, 1.54) is 13.8 Å². The first-order chi connectivity index (χ1) is 14.1. The fraction of sp³-hybridized carbons (Fsp3) is 0.0435. The minimum atomic E-state index is -3.63. The third-order valence-corrected chi connectivity index (χ3v) is 9.83. The molecule has 1 aliphatic rings. The lowest BCUT2D eigenvalue weighted by Gasteiger charge is -2.27. The molecule has 0 N–H and O–H groups in total. The smallest absolute Gasteiger partial charge is 0.249 e. The van der Waals surface area contributed by atoms with Gasteiger partial charge in [0.05, 0.1) is 4.90 Å². The summed E-state index contributed by atoms with van der Waals surface area (Å²) in [4.78, 5) is 2.70. The van der Waals surface area contributed by atoms with Crippen molar-refractivity contribution in [2.45, 2.75) is 18.8 Å². The zero-order valence-corrected chi connectivity index (χ0v) is 17.8. The van der Waals surface area contributed by atoms with Crippen LogP contribution in [0.15, 0.2) is 118 Å². The second-order valence-electron chi connectivity index (χ2n) is 6.68. The van der Waals surface area contributed by atoms with Crippen molar-refractivity contribution in [3.63, 3.8) is 0 Å². The van der Waals surface area contributed by atoms with E-state index < -0.39 is 14.1 Å². The van der Waals surface area contributed by atoms with Crippen molar-refractivity contribution >= 4 is 33.5 Å². The molecule has 0 bridgehead atoms. The average Bonchev–Trinajstić information content (AvgIpc) is 3.41. The Morgan fingerprint density at radius 1 is 0.655 bits per heavy atom. The van der Waals surface area contributed by atoms with Crippen molar-refractivity contribution in [3.05, 3.63) is 115 Å². The molecule has 5 rings (SSSR count). The van der Waals surface area contributed by atoms with Gasteiger partial charge in [0, 0.05) is 27.7 Å². The Balaban J connectivity index is 1.63. The van der Waals surface area contributed by atoms with Crippen molar-refractivity contribution in [1.82, 2.24) is 3.97 Å². The third-order valence-electron chi connectivity index (χ3n) is 4.88. The molecule has 0 amide bonds. The number of benzene rings is 3. The first-order valence-electron chi connectivity index (χ1n) is 9.11. The number of hydrogen-bond acceptors (Lipinski definition) is 4. The Hall–Kier alpha value is -2.41. The van der Waals surface area contributed by atoms with Gasteiger partial charge in [0.1, 0.15) is 4.08 Å². The molecule has 3 aromatic carbocycles. The highest BCUT2D eigenvalue weighted by atomic mass is 32.2. The molecule has 29 heavy (non-hydrogen) atoms. The van der Waals surface area contributed by atoms with Gasteiger partial charge < -0.3 is 0 Å². The van der Waals surface area contributed by atoms with Gasteiger partial charge in [-0.2, -0.15) is 0 Å². The van der Waals surface area contributed by atoms with Gasteiger partial charge >= 0.3 is 0 Å². The maximum Gasteiger partial charge on any atom is 0.267 e. The predicted octanol–water partition coefficient (Wildman–Crippen LogP) is 5.82. The van der Waals surface area contributed by atoms with Gasteiger partial charge in [-0.05, 0) is 35.9 Å². The molecular formula is C23H17NO2S3. The fourth-order valence-corrected chi connectivity index (χ4v) is 7.85. The van der Waals surface area contributed by atoms with Gasteiger partial charge in [-0.25, -0.2) is 12.4 Å². The molecule has 1 aliphatic heterocycles. The molecule has 0 saturated carbocycles. The second-order valence-corrected chi connectivity index (χ2v) is 11.3. The molecule has 1 aromatic heterocycles. The Labute approximate surface area is 178 Å². The molecule has 0 unspecified atom stereocenters. The summed E-state index contributed by atoms with van der Waals surface area (Å²) >= 11 is 3.53. The zero-order chi connectivity index (χ0) is 19.9. The maximum atomic E-state index is 13.1. The minimum Gasteiger partial charge on any atom is -0.249 e. The number of thioether (sulfide) groups is 2. The summed E-state index contributed by atoms with van der Waals surface area (Å²) in [6, 6.07) is 29.0. The molecule has 0 atom stereocenters. The van der Waals surface area contributed by atoms with E-state index in [4.69, 9.17) is 0 Å². The minimum absolute atomic E-state index is 0.283. The van der Waals surface area contributed by atoms with E-state index in [-0.39, 0.29) is 4.90 Å². The van der Waals surface area contributed by atoms with E-state index in [0.29, 0.717) is 0 Å². The van der Waals surface area contributed by atoms with Crippen LogP contribution in [-0.2, 0) is 14.1 Å². The number of hydrogen-bond donors (Lipinski definition) is 0. The van der Waals surface area contributed by atoms with Crippen LogP contribution in [0, 0.1) is 0 Å². The molecule has 3 nitrogen and oxygen atoms in total. The van der Waals surface area contributed by atoms with Crippen molar-refractivity contribution < 1.29 is 8.42 Å². The summed E-state index contributed by atoms with van der Waals surface area (Å²) in [6.45, 7) is 0. The molecule has 0 spiro atoms. The van der Waals surface area contributed by atoms with Crippen molar-refractivity contribution in [2.75, 3.05) is 0 Å². The van der Waals surface area contributed by atoms with Gasteiger partial charge in [-0.1, -0.05) is 84.2 Å². The van der Waals surface area contributed by atoms with Gasteiger partial charge in [0.25, 0.3) is 10.0 Å². The monoisotopic (exact) mass is 435 g/mol. The number of rotatable bonds is 4. The van der Waals surface area contributed by atoms with Gasteiger partial charge in [0.15, 0.2) is 0 Å². The molecule has 4 aromatic rings. The molecule has 144 valence electrons. The Kier molecular flexibility index (Phi) is 4.57. The van der Waals surface area contributed by atoms with E-state index in [1.54, 1.807) is 60.2 Å². The van der Waals surface area contributed by atoms with E-state index in [1.807, 2.05) is 42.5 Å². The molecule has 0 saturated heterocycles. The Morgan fingerprint density at radius 2 is 1.21 bits per heavy atom. The highest BCUT2D eigenvalue weighted by Gasteiger charge is 2.43. The molecule has 0 radical (unpaired) electrons. The normalized spacial score (nSPS) is 15.2. The topological polar surface area (TPSA) is 39.1 Å². The summed E-state index contributed by atoms with van der Waals surface area (Å²) in [5.41, 5.74) is 2.09.